The lowest BCUT2D eigenvalue weighted by molar-refractivity contribution is 0.192. The highest BCUT2D eigenvalue weighted by atomic mass is 32.2. The number of aliphatic hydroxyl groups excluding tert-OH is 1. The van der Waals surface area contributed by atoms with Crippen molar-refractivity contribution in [2.75, 3.05) is 6.54 Å². The van der Waals surface area contributed by atoms with Crippen molar-refractivity contribution in [2.45, 2.75) is 51.9 Å². The molecule has 4 nitrogen and oxygen atoms in total. The van der Waals surface area contributed by atoms with Crippen molar-refractivity contribution in [2.24, 2.45) is 5.92 Å². The molecule has 0 fully saturated rings. The van der Waals surface area contributed by atoms with Crippen LogP contribution < -0.4 is 4.72 Å². The van der Waals surface area contributed by atoms with E-state index in [4.69, 9.17) is 0 Å². The molecule has 0 aromatic carbocycles. The first-order valence-corrected chi connectivity index (χ1v) is 7.33. The molecular formula is C12H25NO3S. The van der Waals surface area contributed by atoms with Gasteiger partial charge in [0.05, 0.1) is 10.9 Å². The van der Waals surface area contributed by atoms with E-state index in [1.807, 2.05) is 13.8 Å². The zero-order valence-electron chi connectivity index (χ0n) is 11.4. The number of sulfonamides is 1. The molecule has 0 aromatic rings. The molecule has 0 radical (unpaired) electrons. The lowest BCUT2D eigenvalue weighted by Gasteiger charge is -2.21. The molecule has 0 heterocycles. The van der Waals surface area contributed by atoms with Crippen LogP contribution in [0.3, 0.4) is 0 Å². The monoisotopic (exact) mass is 263 g/mol. The summed E-state index contributed by atoms with van der Waals surface area (Å²) in [5, 5.41) is 9.75. The Hall–Kier alpha value is -0.390. The maximum atomic E-state index is 11.7. The smallest absolute Gasteiger partial charge is 0.216 e. The number of aliphatic hydroxyl groups is 1. The van der Waals surface area contributed by atoms with Crippen molar-refractivity contribution in [1.82, 2.24) is 4.72 Å². The van der Waals surface area contributed by atoms with Gasteiger partial charge in [0.1, 0.15) is 0 Å². The summed E-state index contributed by atoms with van der Waals surface area (Å²) in [7, 11) is -3.33. The Bertz CT molecular complexity index is 352. The third kappa shape index (κ3) is 5.19. The zero-order valence-corrected chi connectivity index (χ0v) is 12.3. The van der Waals surface area contributed by atoms with E-state index in [1.54, 1.807) is 20.8 Å². The molecule has 0 aliphatic heterocycles. The van der Waals surface area contributed by atoms with E-state index in [1.165, 1.54) is 0 Å². The Balaban J connectivity index is 4.23. The van der Waals surface area contributed by atoms with Crippen LogP contribution >= 0.6 is 0 Å². The summed E-state index contributed by atoms with van der Waals surface area (Å²) in [6.45, 7) is 12.8. The van der Waals surface area contributed by atoms with Crippen LogP contribution in [-0.2, 0) is 10.0 Å². The minimum absolute atomic E-state index is 0.198. The number of nitrogens with one attached hydrogen (secondary N) is 1. The molecule has 1 atom stereocenters. The third-order valence-electron chi connectivity index (χ3n) is 2.69. The van der Waals surface area contributed by atoms with E-state index in [0.717, 1.165) is 5.57 Å². The van der Waals surface area contributed by atoms with Crippen LogP contribution in [0.4, 0.5) is 0 Å². The number of hydrogen-bond donors (Lipinski definition) is 2. The summed E-state index contributed by atoms with van der Waals surface area (Å²) in [5.74, 6) is 0.198. The standard InChI is InChI=1S/C12H25NO3S/c1-9(2)10(3)11(14)7-8-13-17(15,16)12(4,5)6/h9,11,13-14H,3,7-8H2,1-2,4-6H3. The van der Waals surface area contributed by atoms with E-state index >= 15 is 0 Å². The highest BCUT2D eigenvalue weighted by Crippen LogP contribution is 2.15. The second-order valence-corrected chi connectivity index (χ2v) is 8.06. The lowest BCUT2D eigenvalue weighted by atomic mass is 9.98. The average Bonchev–Trinajstić information content (AvgIpc) is 2.14. The Morgan fingerprint density at radius 1 is 1.35 bits per heavy atom. The van der Waals surface area contributed by atoms with Crippen LogP contribution in [0.2, 0.25) is 0 Å². The van der Waals surface area contributed by atoms with Crippen molar-refractivity contribution in [1.29, 1.82) is 0 Å². The lowest BCUT2D eigenvalue weighted by Crippen LogP contribution is -2.40. The van der Waals surface area contributed by atoms with Gasteiger partial charge in [0, 0.05) is 6.54 Å². The number of hydrogen-bond acceptors (Lipinski definition) is 3. The van der Waals surface area contributed by atoms with Crippen molar-refractivity contribution in [3.63, 3.8) is 0 Å². The topological polar surface area (TPSA) is 66.4 Å². The van der Waals surface area contributed by atoms with Crippen molar-refractivity contribution in [3.8, 4) is 0 Å². The van der Waals surface area contributed by atoms with Crippen LogP contribution in [-0.4, -0.2) is 30.9 Å². The molecule has 0 aliphatic rings. The van der Waals surface area contributed by atoms with Crippen LogP contribution in [0.15, 0.2) is 12.2 Å². The van der Waals surface area contributed by atoms with Gasteiger partial charge in [-0.2, -0.15) is 0 Å². The van der Waals surface area contributed by atoms with Crippen molar-refractivity contribution in [3.05, 3.63) is 12.2 Å². The second kappa shape index (κ2) is 5.98. The van der Waals surface area contributed by atoms with Crippen LogP contribution in [0, 0.1) is 5.92 Å². The van der Waals surface area contributed by atoms with E-state index in [-0.39, 0.29) is 12.5 Å². The fourth-order valence-corrected chi connectivity index (χ4v) is 1.94. The van der Waals surface area contributed by atoms with Gasteiger partial charge < -0.3 is 5.11 Å². The SMILES string of the molecule is C=C(C(C)C)C(O)CCNS(=O)(=O)C(C)(C)C. The molecule has 0 bridgehead atoms. The Morgan fingerprint density at radius 3 is 2.18 bits per heavy atom. The predicted molar refractivity (Wildman–Crippen MR) is 71.3 cm³/mol. The van der Waals surface area contributed by atoms with Gasteiger partial charge in [0.2, 0.25) is 10.0 Å². The molecule has 0 rings (SSSR count). The first-order valence-electron chi connectivity index (χ1n) is 5.85. The van der Waals surface area contributed by atoms with Gasteiger partial charge in [-0.1, -0.05) is 20.4 Å². The minimum atomic E-state index is -3.33. The quantitative estimate of drug-likeness (QED) is 0.716. The first kappa shape index (κ1) is 16.6. The largest absolute Gasteiger partial charge is 0.389 e. The molecule has 0 aromatic heterocycles. The average molecular weight is 263 g/mol. The van der Waals surface area contributed by atoms with Gasteiger partial charge in [0.25, 0.3) is 0 Å². The zero-order chi connectivity index (χ0) is 13.9. The summed E-state index contributed by atoms with van der Waals surface area (Å²) >= 11 is 0. The molecule has 102 valence electrons. The van der Waals surface area contributed by atoms with Gasteiger partial charge in [-0.15, -0.1) is 0 Å². The van der Waals surface area contributed by atoms with Crippen LogP contribution in [0.1, 0.15) is 41.0 Å². The number of rotatable bonds is 6. The molecule has 1 unspecified atom stereocenters. The van der Waals surface area contributed by atoms with Gasteiger partial charge in [-0.25, -0.2) is 13.1 Å². The van der Waals surface area contributed by atoms with Gasteiger partial charge in [-0.05, 0) is 38.7 Å². The molecule has 0 aliphatic carbocycles. The minimum Gasteiger partial charge on any atom is -0.389 e. The van der Waals surface area contributed by atoms with Crippen LogP contribution in [0.25, 0.3) is 0 Å². The summed E-state index contributed by atoms with van der Waals surface area (Å²) in [6, 6.07) is 0. The van der Waals surface area contributed by atoms with Gasteiger partial charge in [0.15, 0.2) is 0 Å². The molecule has 5 heteroatoms. The Kier molecular flexibility index (Phi) is 5.84. The predicted octanol–water partition coefficient (Wildman–Crippen LogP) is 1.67. The highest BCUT2D eigenvalue weighted by Gasteiger charge is 2.28. The van der Waals surface area contributed by atoms with Crippen molar-refractivity contribution < 1.29 is 13.5 Å². The molecule has 0 saturated carbocycles. The maximum absolute atomic E-state index is 11.7. The highest BCUT2D eigenvalue weighted by molar-refractivity contribution is 7.90. The fraction of sp³-hybridized carbons (Fsp3) is 0.833. The van der Waals surface area contributed by atoms with Crippen LogP contribution in [0.5, 0.6) is 0 Å². The van der Waals surface area contributed by atoms with Gasteiger partial charge >= 0.3 is 0 Å². The molecule has 2 N–H and O–H groups in total. The summed E-state index contributed by atoms with van der Waals surface area (Å²) < 4.78 is 25.1. The maximum Gasteiger partial charge on any atom is 0.216 e. The summed E-state index contributed by atoms with van der Waals surface area (Å²) in [5.41, 5.74) is 0.736. The summed E-state index contributed by atoms with van der Waals surface area (Å²) in [6.07, 6.45) is -0.301. The van der Waals surface area contributed by atoms with E-state index in [2.05, 4.69) is 11.3 Å². The molecular weight excluding hydrogens is 238 g/mol. The Morgan fingerprint density at radius 2 is 1.82 bits per heavy atom. The third-order valence-corrected chi connectivity index (χ3v) is 4.88. The normalized spacial score (nSPS) is 15.0. The second-order valence-electron chi connectivity index (χ2n) is 5.54. The molecule has 0 spiro atoms. The fourth-order valence-electron chi connectivity index (χ4n) is 1.12. The van der Waals surface area contributed by atoms with Crippen molar-refractivity contribution >= 4 is 10.0 Å². The van der Waals surface area contributed by atoms with E-state index in [9.17, 15) is 13.5 Å². The van der Waals surface area contributed by atoms with E-state index in [0.29, 0.717) is 6.42 Å². The molecule has 17 heavy (non-hydrogen) atoms. The Labute approximate surface area is 105 Å². The summed E-state index contributed by atoms with van der Waals surface area (Å²) in [4.78, 5) is 0. The first-order chi connectivity index (χ1) is 7.49. The van der Waals surface area contributed by atoms with E-state index < -0.39 is 20.9 Å². The molecule has 0 saturated heterocycles. The van der Waals surface area contributed by atoms with Gasteiger partial charge in [-0.3, -0.25) is 0 Å². The molecule has 0 amide bonds.